The van der Waals surface area contributed by atoms with Crippen molar-refractivity contribution in [2.75, 3.05) is 45.9 Å². The van der Waals surface area contributed by atoms with Crippen LogP contribution in [0.1, 0.15) is 62.6 Å². The van der Waals surface area contributed by atoms with Gasteiger partial charge in [0.1, 0.15) is 18.4 Å². The highest BCUT2D eigenvalue weighted by molar-refractivity contribution is 6.35. The Morgan fingerprint density at radius 2 is 1.71 bits per heavy atom. The Bertz CT molecular complexity index is 1190. The van der Waals surface area contributed by atoms with Crippen LogP contribution >= 0.6 is 23.2 Å². The van der Waals surface area contributed by atoms with E-state index in [-0.39, 0.29) is 17.9 Å². The van der Waals surface area contributed by atoms with Gasteiger partial charge in [-0.2, -0.15) is 0 Å². The van der Waals surface area contributed by atoms with E-state index in [0.29, 0.717) is 55.3 Å². The number of urea groups is 1. The highest BCUT2D eigenvalue weighted by Gasteiger charge is 2.33. The van der Waals surface area contributed by atoms with Crippen LogP contribution in [-0.4, -0.2) is 89.6 Å². The van der Waals surface area contributed by atoms with Gasteiger partial charge in [-0.05, 0) is 88.4 Å². The molecule has 3 fully saturated rings. The third-order valence-corrected chi connectivity index (χ3v) is 9.25. The lowest BCUT2D eigenvalue weighted by Crippen LogP contribution is -2.54. The fourth-order valence-electron chi connectivity index (χ4n) is 6.19. The molecule has 3 aliphatic heterocycles. The van der Waals surface area contributed by atoms with Crippen molar-refractivity contribution in [2.45, 2.75) is 69.9 Å². The number of hydrogen-bond donors (Lipinski definition) is 1. The molecule has 0 spiro atoms. The summed E-state index contributed by atoms with van der Waals surface area (Å²) < 4.78 is 6.30. The Hall–Kier alpha value is -2.55. The first-order valence-corrected chi connectivity index (χ1v) is 15.7. The number of benzene rings is 1. The number of rotatable bonds is 9. The fraction of sp³-hybridized carbons (Fsp3) is 0.581. The SMILES string of the molecule is C[C@H](COc1cccnc1C1CCN(C(=O)[C@@H](Cc2ccc(Cl)cc2Cl)NC(=O)N2CCCC2)CC1)N1CCCC1. The summed E-state index contributed by atoms with van der Waals surface area (Å²) in [6.45, 7) is 7.75. The molecule has 4 heterocycles. The minimum absolute atomic E-state index is 0.0843. The monoisotopic (exact) mass is 601 g/mol. The first-order chi connectivity index (χ1) is 19.9. The summed E-state index contributed by atoms with van der Waals surface area (Å²) in [4.78, 5) is 37.7. The number of nitrogens with zero attached hydrogens (tertiary/aromatic N) is 4. The number of nitrogens with one attached hydrogen (secondary N) is 1. The fourth-order valence-corrected chi connectivity index (χ4v) is 6.68. The third-order valence-electron chi connectivity index (χ3n) is 8.67. The molecule has 1 aromatic carbocycles. The molecule has 0 bridgehead atoms. The lowest BCUT2D eigenvalue weighted by atomic mass is 9.91. The maximum absolute atomic E-state index is 13.8. The zero-order valence-electron chi connectivity index (χ0n) is 23.9. The minimum Gasteiger partial charge on any atom is -0.490 e. The summed E-state index contributed by atoms with van der Waals surface area (Å²) >= 11 is 12.6. The number of halogens is 2. The quantitative estimate of drug-likeness (QED) is 0.418. The van der Waals surface area contributed by atoms with E-state index >= 15 is 0 Å². The molecule has 0 radical (unpaired) electrons. The van der Waals surface area contributed by atoms with Crippen molar-refractivity contribution < 1.29 is 14.3 Å². The second-order valence-corrected chi connectivity index (χ2v) is 12.4. The third kappa shape index (κ3) is 7.65. The Morgan fingerprint density at radius 3 is 2.41 bits per heavy atom. The van der Waals surface area contributed by atoms with Crippen molar-refractivity contribution in [3.63, 3.8) is 0 Å². The van der Waals surface area contributed by atoms with Gasteiger partial charge < -0.3 is 19.9 Å². The van der Waals surface area contributed by atoms with Gasteiger partial charge in [0.25, 0.3) is 0 Å². The molecule has 41 heavy (non-hydrogen) atoms. The number of carbonyl (C=O) groups excluding carboxylic acids is 2. The van der Waals surface area contributed by atoms with Crippen molar-refractivity contribution in [2.24, 2.45) is 0 Å². The van der Waals surface area contributed by atoms with Gasteiger partial charge >= 0.3 is 6.03 Å². The largest absolute Gasteiger partial charge is 0.490 e. The van der Waals surface area contributed by atoms with Crippen molar-refractivity contribution in [1.82, 2.24) is 25.0 Å². The summed E-state index contributed by atoms with van der Waals surface area (Å²) in [6.07, 6.45) is 8.19. The van der Waals surface area contributed by atoms with Gasteiger partial charge in [-0.1, -0.05) is 29.3 Å². The number of aromatic nitrogens is 1. The molecule has 10 heteroatoms. The highest BCUT2D eigenvalue weighted by Crippen LogP contribution is 2.33. The van der Waals surface area contributed by atoms with Crippen LogP contribution in [0.2, 0.25) is 10.0 Å². The van der Waals surface area contributed by atoms with Crippen molar-refractivity contribution in [3.05, 3.63) is 57.8 Å². The molecule has 1 N–H and O–H groups in total. The summed E-state index contributed by atoms with van der Waals surface area (Å²) in [6, 6.07) is 8.66. The van der Waals surface area contributed by atoms with E-state index in [1.54, 1.807) is 17.0 Å². The van der Waals surface area contributed by atoms with Gasteiger partial charge in [0.2, 0.25) is 5.91 Å². The lowest BCUT2D eigenvalue weighted by molar-refractivity contribution is -0.134. The van der Waals surface area contributed by atoms with E-state index in [4.69, 9.17) is 32.9 Å². The molecular weight excluding hydrogens is 561 g/mol. The number of amides is 3. The van der Waals surface area contributed by atoms with Gasteiger partial charge in [-0.25, -0.2) is 4.79 Å². The van der Waals surface area contributed by atoms with Crippen LogP contribution in [-0.2, 0) is 11.2 Å². The highest BCUT2D eigenvalue weighted by atomic mass is 35.5. The molecule has 0 unspecified atom stereocenters. The molecule has 0 aliphatic carbocycles. The summed E-state index contributed by atoms with van der Waals surface area (Å²) in [5.41, 5.74) is 1.75. The van der Waals surface area contributed by atoms with Crippen LogP contribution in [0.4, 0.5) is 4.79 Å². The van der Waals surface area contributed by atoms with Crippen molar-refractivity contribution >= 4 is 35.1 Å². The summed E-state index contributed by atoms with van der Waals surface area (Å²) in [5.74, 6) is 0.969. The van der Waals surface area contributed by atoms with Crippen LogP contribution < -0.4 is 10.1 Å². The van der Waals surface area contributed by atoms with Gasteiger partial charge in [0.15, 0.2) is 0 Å². The number of pyridine rings is 1. The van der Waals surface area contributed by atoms with Crippen molar-refractivity contribution in [1.29, 1.82) is 0 Å². The normalized spacial score (nSPS) is 19.8. The molecule has 2 aromatic rings. The minimum atomic E-state index is -0.709. The number of carbonyl (C=O) groups is 2. The van der Waals surface area contributed by atoms with Gasteiger partial charge in [-0.15, -0.1) is 0 Å². The topological polar surface area (TPSA) is 78.0 Å². The Balaban J connectivity index is 1.22. The predicted molar refractivity (Wildman–Crippen MR) is 162 cm³/mol. The van der Waals surface area contributed by atoms with Crippen LogP contribution in [0.25, 0.3) is 0 Å². The van der Waals surface area contributed by atoms with Crippen LogP contribution in [0.15, 0.2) is 36.5 Å². The molecule has 5 rings (SSSR count). The van der Waals surface area contributed by atoms with E-state index in [9.17, 15) is 9.59 Å². The number of likely N-dealkylation sites (tertiary alicyclic amines) is 3. The van der Waals surface area contributed by atoms with Crippen LogP contribution in [0.5, 0.6) is 5.75 Å². The van der Waals surface area contributed by atoms with E-state index < -0.39 is 6.04 Å². The standard InChI is InChI=1S/C31H41Cl2N5O3/c1-22(36-13-2-3-14-36)21-41-28-7-6-12-34-29(28)23-10-17-37(18-11-23)30(39)27(35-31(40)38-15-4-5-16-38)19-24-8-9-25(32)20-26(24)33/h6-9,12,20,22-23,27H,2-5,10-11,13-19,21H2,1H3,(H,35,40)/t22-,27-/m1/s1. The Kier molecular flexibility index (Phi) is 10.3. The molecule has 8 nitrogen and oxygen atoms in total. The zero-order chi connectivity index (χ0) is 28.8. The predicted octanol–water partition coefficient (Wildman–Crippen LogP) is 5.37. The first-order valence-electron chi connectivity index (χ1n) is 15.0. The second-order valence-electron chi connectivity index (χ2n) is 11.5. The van der Waals surface area contributed by atoms with Crippen LogP contribution in [0.3, 0.4) is 0 Å². The Labute approximate surface area is 253 Å². The maximum Gasteiger partial charge on any atom is 0.318 e. The van der Waals surface area contributed by atoms with Gasteiger partial charge in [0.05, 0.1) is 5.69 Å². The number of ether oxygens (including phenoxy) is 1. The molecule has 1 aromatic heterocycles. The molecule has 3 aliphatic rings. The van der Waals surface area contributed by atoms with E-state index in [1.807, 2.05) is 29.3 Å². The average molecular weight is 603 g/mol. The van der Waals surface area contributed by atoms with Gasteiger partial charge in [0, 0.05) is 60.8 Å². The van der Waals surface area contributed by atoms with E-state index in [0.717, 1.165) is 55.8 Å². The average Bonchev–Trinajstić information content (AvgIpc) is 3.72. The smallest absolute Gasteiger partial charge is 0.318 e. The second kappa shape index (κ2) is 14.1. The molecule has 222 valence electrons. The van der Waals surface area contributed by atoms with Gasteiger partial charge in [-0.3, -0.25) is 14.7 Å². The zero-order valence-corrected chi connectivity index (χ0v) is 25.4. The molecular formula is C31H41Cl2N5O3. The number of hydrogen-bond acceptors (Lipinski definition) is 5. The van der Waals surface area contributed by atoms with E-state index in [1.165, 1.54) is 12.8 Å². The lowest BCUT2D eigenvalue weighted by Gasteiger charge is -2.35. The molecule has 3 amide bonds. The number of piperidine rings is 1. The molecule has 3 saturated heterocycles. The van der Waals surface area contributed by atoms with Crippen LogP contribution in [0, 0.1) is 0 Å². The maximum atomic E-state index is 13.8. The van der Waals surface area contributed by atoms with Crippen molar-refractivity contribution in [3.8, 4) is 5.75 Å². The molecule has 2 atom stereocenters. The first kappa shape index (κ1) is 29.9. The Morgan fingerprint density at radius 1 is 1.00 bits per heavy atom. The van der Waals surface area contributed by atoms with E-state index in [2.05, 4.69) is 17.1 Å². The summed E-state index contributed by atoms with van der Waals surface area (Å²) in [7, 11) is 0. The summed E-state index contributed by atoms with van der Waals surface area (Å²) in [5, 5.41) is 4.04. The molecule has 0 saturated carbocycles.